The van der Waals surface area contributed by atoms with Gasteiger partial charge >= 0.3 is 53.4 Å². The number of carbonyl (C=O) groups is 4. The molecule has 0 aliphatic heterocycles. The number of aliphatic carboxylic acids is 4. The molecule has 0 aromatic rings. The van der Waals surface area contributed by atoms with Crippen LogP contribution in [0.4, 0.5) is 0 Å². The fourth-order valence-corrected chi connectivity index (χ4v) is 1.53. The van der Waals surface area contributed by atoms with Crippen LogP contribution in [0.1, 0.15) is 6.92 Å². The molecule has 0 bridgehead atoms. The van der Waals surface area contributed by atoms with Gasteiger partial charge in [-0.15, -0.1) is 0 Å². The Bertz CT molecular complexity index is 415. The first-order chi connectivity index (χ1) is 13.4. The van der Waals surface area contributed by atoms with E-state index >= 15 is 0 Å². The van der Waals surface area contributed by atoms with Gasteiger partial charge in [-0.05, 0) is 6.92 Å². The average Bonchev–Trinajstić information content (AvgIpc) is 2.58. The van der Waals surface area contributed by atoms with Gasteiger partial charge in [0, 0.05) is 19.7 Å². The number of nitrogens with zero attached hydrogens (tertiary/aromatic N) is 2. The summed E-state index contributed by atoms with van der Waals surface area (Å²) in [5, 5.41) is 66.1. The smallest absolute Gasteiger partial charge is 1.00 e. The van der Waals surface area contributed by atoms with Gasteiger partial charge in [0.15, 0.2) is 0 Å². The van der Waals surface area contributed by atoms with Crippen LogP contribution in [0.15, 0.2) is 0 Å². The number of rotatable bonds is 13. The summed E-state index contributed by atoms with van der Waals surface area (Å²) >= 11 is 0. The summed E-state index contributed by atoms with van der Waals surface area (Å²) in [5.74, 6) is -4.91. The second-order valence-corrected chi connectivity index (χ2v) is 5.33. The second-order valence-electron chi connectivity index (χ2n) is 5.33. The minimum absolute atomic E-state index is 0. The quantitative estimate of drug-likeness (QED) is 0.112. The summed E-state index contributed by atoms with van der Waals surface area (Å²) in [5.41, 5.74) is 0. The van der Waals surface area contributed by atoms with Gasteiger partial charge in [-0.2, -0.15) is 0 Å². The van der Waals surface area contributed by atoms with Crippen LogP contribution >= 0.6 is 0 Å². The number of hydrogen-bond acceptors (Lipinski definition) is 10. The average molecular weight is 489 g/mol. The summed E-state index contributed by atoms with van der Waals surface area (Å²) in [6, 6.07) is 0. The third kappa shape index (κ3) is 36.6. The number of hydrogen-bond donors (Lipinski definition) is 8. The molecule has 0 amide bonds. The maximum absolute atomic E-state index is 10.6. The van der Waals surface area contributed by atoms with Gasteiger partial charge in [-0.25, -0.2) is 0 Å². The van der Waals surface area contributed by atoms with Crippen molar-refractivity contribution in [3.63, 3.8) is 0 Å². The fraction of sp³-hybridized carbons (Fsp3) is 0.733. The zero-order valence-electron chi connectivity index (χ0n) is 17.4. The molecule has 8 N–H and O–H groups in total. The van der Waals surface area contributed by atoms with Crippen LogP contribution in [0.3, 0.4) is 0 Å². The Morgan fingerprint density at radius 2 is 0.871 bits per heavy atom. The van der Waals surface area contributed by atoms with Crippen molar-refractivity contribution in [3.8, 4) is 0 Å². The van der Waals surface area contributed by atoms with Gasteiger partial charge in [-0.3, -0.25) is 29.0 Å². The monoisotopic (exact) mass is 488 g/mol. The summed E-state index contributed by atoms with van der Waals surface area (Å²) in [6.45, 7) is -1.05. The normalized spacial score (nSPS) is 9.42. The van der Waals surface area contributed by atoms with Gasteiger partial charge < -0.3 is 53.3 Å². The van der Waals surface area contributed by atoms with Crippen LogP contribution in [0.25, 0.3) is 0 Å². The zero-order valence-corrected chi connectivity index (χ0v) is 20.2. The van der Waals surface area contributed by atoms with E-state index in [0.29, 0.717) is 0 Å². The summed E-state index contributed by atoms with van der Waals surface area (Å²) in [7, 11) is 0. The topological polar surface area (TPSA) is 237 Å². The van der Waals surface area contributed by atoms with E-state index in [4.69, 9.17) is 40.9 Å². The van der Waals surface area contributed by atoms with Gasteiger partial charge in [0.2, 0.25) is 0 Å². The first-order valence-electron chi connectivity index (χ1n) is 8.25. The minimum Gasteiger partial charge on any atom is -1.00 e. The Labute approximate surface area is 207 Å². The standard InChI is InChI=1S/C10H16N2O8.C3H8O3.C2H6O.ClH.Na/c13-7(14)3-11(4-8(15)16)1-2-12(5-9(17)18)6-10(19)20;4-1-3(6)2-5;1-2-3;;/h1-6H2,(H,13,14)(H,15,16)(H,17,18)(H,19,20);3-6H,1-2H2;3H,2H2,1H3;1H;/q;;;;+1/p-1. The molecule has 14 nitrogen and oxygen atoms in total. The molecule has 0 aromatic heterocycles. The molecule has 0 spiro atoms. The first-order valence-corrected chi connectivity index (χ1v) is 8.25. The fourth-order valence-electron chi connectivity index (χ4n) is 1.53. The number of aliphatic hydroxyl groups excluding tert-OH is 4. The molecule has 0 atom stereocenters. The van der Waals surface area contributed by atoms with E-state index in [0.717, 1.165) is 9.80 Å². The third-order valence-corrected chi connectivity index (χ3v) is 2.59. The molecule has 0 aliphatic carbocycles. The predicted octanol–water partition coefficient (Wildman–Crippen LogP) is -9.73. The molecular weight excluding hydrogens is 459 g/mol. The molecule has 0 fully saturated rings. The largest absolute Gasteiger partial charge is 1.00 e. The third-order valence-electron chi connectivity index (χ3n) is 2.59. The predicted molar refractivity (Wildman–Crippen MR) is 96.4 cm³/mol. The summed E-state index contributed by atoms with van der Waals surface area (Å²) < 4.78 is 0. The molecule has 31 heavy (non-hydrogen) atoms. The van der Waals surface area contributed by atoms with Crippen molar-refractivity contribution in [2.45, 2.75) is 13.0 Å². The number of aliphatic hydroxyl groups is 4. The molecule has 0 rings (SSSR count). The molecule has 0 saturated carbocycles. The van der Waals surface area contributed by atoms with Crippen molar-refractivity contribution in [1.82, 2.24) is 9.80 Å². The van der Waals surface area contributed by atoms with E-state index in [9.17, 15) is 19.2 Å². The minimum atomic E-state index is -1.23. The maximum atomic E-state index is 10.6. The number of carboxylic acids is 4. The number of carboxylic acid groups (broad SMARTS) is 4. The molecule has 0 aromatic carbocycles. The Morgan fingerprint density at radius 1 is 0.677 bits per heavy atom. The van der Waals surface area contributed by atoms with E-state index < -0.39 is 56.2 Å². The van der Waals surface area contributed by atoms with Gasteiger partial charge in [0.1, 0.15) is 6.10 Å². The maximum Gasteiger partial charge on any atom is 1.00 e. The molecule has 0 radical (unpaired) electrons. The van der Waals surface area contributed by atoms with Gasteiger partial charge in [0.25, 0.3) is 0 Å². The van der Waals surface area contributed by atoms with E-state index in [-0.39, 0.29) is 74.9 Å². The summed E-state index contributed by atoms with van der Waals surface area (Å²) in [6.07, 6.45) is -0.954. The zero-order chi connectivity index (χ0) is 23.4. The Hall–Kier alpha value is -1.07. The molecule has 180 valence electrons. The SMILES string of the molecule is CCO.O=C(O)CN(CCN(CC(=O)O)CC(=O)O)CC(=O)O.OCC(O)CO.[Cl-].[Na+]. The van der Waals surface area contributed by atoms with Crippen LogP contribution in [-0.4, -0.2) is 140 Å². The molecule has 16 heteroatoms. The second kappa shape index (κ2) is 27.0. The van der Waals surface area contributed by atoms with Crippen LogP contribution in [0.5, 0.6) is 0 Å². The number of halogens is 1. The van der Waals surface area contributed by atoms with E-state index in [1.54, 1.807) is 6.92 Å². The molecule has 0 unspecified atom stereocenters. The van der Waals surface area contributed by atoms with Crippen molar-refractivity contribution in [2.24, 2.45) is 0 Å². The van der Waals surface area contributed by atoms with E-state index in [1.807, 2.05) is 0 Å². The van der Waals surface area contributed by atoms with Gasteiger partial charge in [0.05, 0.1) is 39.4 Å². The van der Waals surface area contributed by atoms with Crippen LogP contribution in [0.2, 0.25) is 0 Å². The molecule has 0 heterocycles. The Kier molecular flexibility index (Phi) is 35.1. The van der Waals surface area contributed by atoms with Crippen molar-refractivity contribution in [2.75, 3.05) is 59.1 Å². The Morgan fingerprint density at radius 3 is 0.968 bits per heavy atom. The van der Waals surface area contributed by atoms with Crippen LogP contribution in [-0.2, 0) is 19.2 Å². The van der Waals surface area contributed by atoms with Gasteiger partial charge in [-0.1, -0.05) is 0 Å². The van der Waals surface area contributed by atoms with Crippen LogP contribution < -0.4 is 42.0 Å². The molecule has 0 saturated heterocycles. The Balaban J connectivity index is -0.000000173. The van der Waals surface area contributed by atoms with E-state index in [1.165, 1.54) is 0 Å². The van der Waals surface area contributed by atoms with Crippen molar-refractivity contribution in [3.05, 3.63) is 0 Å². The molecule has 0 aliphatic rings. The van der Waals surface area contributed by atoms with E-state index in [2.05, 4.69) is 0 Å². The molecular formula is C15H30ClN2NaO12. The summed E-state index contributed by atoms with van der Waals surface area (Å²) in [4.78, 5) is 44.4. The van der Waals surface area contributed by atoms with Crippen molar-refractivity contribution in [1.29, 1.82) is 0 Å². The van der Waals surface area contributed by atoms with Crippen molar-refractivity contribution >= 4 is 23.9 Å². The van der Waals surface area contributed by atoms with Crippen LogP contribution in [0, 0.1) is 0 Å². The van der Waals surface area contributed by atoms with Crippen molar-refractivity contribution < 1.29 is 102 Å². The first kappa shape index (κ1) is 40.3.